The van der Waals surface area contributed by atoms with E-state index in [0.29, 0.717) is 18.7 Å². The van der Waals surface area contributed by atoms with E-state index in [1.807, 2.05) is 19.1 Å². The molecule has 0 unspecified atom stereocenters. The van der Waals surface area contributed by atoms with Crippen molar-refractivity contribution in [2.24, 2.45) is 5.92 Å². The maximum Gasteiger partial charge on any atom is 0.243 e. The number of carbonyl (C=O) groups excluding carboxylic acids is 1. The second-order valence-corrected chi connectivity index (χ2v) is 9.37. The Balaban J connectivity index is 1.39. The number of aromatic nitrogens is 3. The van der Waals surface area contributed by atoms with Crippen molar-refractivity contribution in [3.63, 3.8) is 0 Å². The Morgan fingerprint density at radius 3 is 2.42 bits per heavy atom. The first-order valence-electron chi connectivity index (χ1n) is 9.88. The fraction of sp³-hybridized carbons (Fsp3) is 0.286. The van der Waals surface area contributed by atoms with Gasteiger partial charge in [-0.15, -0.1) is 0 Å². The van der Waals surface area contributed by atoms with Gasteiger partial charge in [0.05, 0.1) is 10.6 Å². The number of H-pyrrole nitrogens is 1. The third-order valence-electron chi connectivity index (χ3n) is 5.50. The number of hydrogen-bond donors (Lipinski definition) is 2. The minimum atomic E-state index is -3.71. The summed E-state index contributed by atoms with van der Waals surface area (Å²) in [6.45, 7) is 2.31. The normalized spacial score (nSPS) is 15.7. The van der Waals surface area contributed by atoms with E-state index in [1.54, 1.807) is 12.4 Å². The highest BCUT2D eigenvalue weighted by Gasteiger charge is 2.32. The molecule has 2 aromatic heterocycles. The summed E-state index contributed by atoms with van der Waals surface area (Å²) in [4.78, 5) is 16.8. The largest absolute Gasteiger partial charge is 0.309 e. The number of halogens is 1. The van der Waals surface area contributed by atoms with E-state index in [2.05, 4.69) is 20.5 Å². The SMILES string of the molecule is Cc1c(NC(=O)C2CCN(S(=O)(=O)c3ccc(F)cc3)CC2)n[nH]c1-c1ccncc1. The number of hydrogen-bond acceptors (Lipinski definition) is 5. The minimum Gasteiger partial charge on any atom is -0.309 e. The van der Waals surface area contributed by atoms with Crippen LogP contribution in [0.1, 0.15) is 18.4 Å². The smallest absolute Gasteiger partial charge is 0.243 e. The molecule has 0 radical (unpaired) electrons. The fourth-order valence-corrected chi connectivity index (χ4v) is 5.12. The molecule has 0 atom stereocenters. The summed E-state index contributed by atoms with van der Waals surface area (Å²) in [6.07, 6.45) is 4.16. The summed E-state index contributed by atoms with van der Waals surface area (Å²) in [7, 11) is -3.71. The van der Waals surface area contributed by atoms with Crippen molar-refractivity contribution in [3.05, 3.63) is 60.2 Å². The van der Waals surface area contributed by atoms with Gasteiger partial charge in [0, 0.05) is 42.5 Å². The molecule has 1 aliphatic rings. The molecule has 162 valence electrons. The van der Waals surface area contributed by atoms with Crippen LogP contribution in [0.4, 0.5) is 10.2 Å². The number of pyridine rings is 1. The first kappa shape index (κ1) is 21.1. The van der Waals surface area contributed by atoms with E-state index in [4.69, 9.17) is 0 Å². The van der Waals surface area contributed by atoms with Crippen LogP contribution in [0, 0.1) is 18.7 Å². The van der Waals surface area contributed by atoms with Crippen LogP contribution in [-0.4, -0.2) is 46.9 Å². The highest BCUT2D eigenvalue weighted by molar-refractivity contribution is 7.89. The summed E-state index contributed by atoms with van der Waals surface area (Å²) in [5.41, 5.74) is 2.54. The molecule has 0 bridgehead atoms. The van der Waals surface area contributed by atoms with Crippen molar-refractivity contribution in [2.45, 2.75) is 24.7 Å². The summed E-state index contributed by atoms with van der Waals surface area (Å²) >= 11 is 0. The molecule has 1 saturated heterocycles. The summed E-state index contributed by atoms with van der Waals surface area (Å²) < 4.78 is 39.9. The van der Waals surface area contributed by atoms with Gasteiger partial charge in [-0.3, -0.25) is 14.9 Å². The van der Waals surface area contributed by atoms with Gasteiger partial charge in [0.2, 0.25) is 15.9 Å². The second-order valence-electron chi connectivity index (χ2n) is 7.43. The Morgan fingerprint density at radius 1 is 1.13 bits per heavy atom. The minimum absolute atomic E-state index is 0.0487. The third kappa shape index (κ3) is 4.35. The van der Waals surface area contributed by atoms with Gasteiger partial charge in [-0.05, 0) is 56.2 Å². The Kier molecular flexibility index (Phi) is 5.84. The predicted molar refractivity (Wildman–Crippen MR) is 113 cm³/mol. The van der Waals surface area contributed by atoms with E-state index in [9.17, 15) is 17.6 Å². The number of aromatic amines is 1. The number of carbonyl (C=O) groups is 1. The number of nitrogens with one attached hydrogen (secondary N) is 2. The summed E-state index contributed by atoms with van der Waals surface area (Å²) in [5.74, 6) is -0.539. The van der Waals surface area contributed by atoms with Crippen LogP contribution in [0.3, 0.4) is 0 Å². The highest BCUT2D eigenvalue weighted by atomic mass is 32.2. The van der Waals surface area contributed by atoms with Crippen LogP contribution in [0.25, 0.3) is 11.3 Å². The maximum absolute atomic E-state index is 13.1. The van der Waals surface area contributed by atoms with Crippen molar-refractivity contribution in [2.75, 3.05) is 18.4 Å². The number of amides is 1. The van der Waals surface area contributed by atoms with E-state index in [-0.39, 0.29) is 29.8 Å². The standard InChI is InChI=1S/C21H22FN5O3S/c1-14-19(15-6-10-23-11-7-15)25-26-20(14)24-21(28)16-8-12-27(13-9-16)31(29,30)18-4-2-17(22)3-5-18/h2-7,10-11,16H,8-9,12-13H2,1H3,(H2,24,25,26,28). The van der Waals surface area contributed by atoms with Gasteiger partial charge in [-0.25, -0.2) is 12.8 Å². The second kappa shape index (κ2) is 8.56. The predicted octanol–water partition coefficient (Wildman–Crippen LogP) is 2.96. The fourth-order valence-electron chi connectivity index (χ4n) is 3.65. The first-order chi connectivity index (χ1) is 14.9. The summed E-state index contributed by atoms with van der Waals surface area (Å²) in [6, 6.07) is 8.46. The topological polar surface area (TPSA) is 108 Å². The lowest BCUT2D eigenvalue weighted by molar-refractivity contribution is -0.120. The van der Waals surface area contributed by atoms with Crippen molar-refractivity contribution in [3.8, 4) is 11.3 Å². The zero-order valence-corrected chi connectivity index (χ0v) is 17.7. The lowest BCUT2D eigenvalue weighted by Gasteiger charge is -2.30. The molecule has 2 N–H and O–H groups in total. The number of anilines is 1. The van der Waals surface area contributed by atoms with Crippen LogP contribution < -0.4 is 5.32 Å². The molecular formula is C21H22FN5O3S. The maximum atomic E-state index is 13.1. The zero-order chi connectivity index (χ0) is 22.0. The van der Waals surface area contributed by atoms with E-state index >= 15 is 0 Å². The van der Waals surface area contributed by atoms with Gasteiger partial charge in [0.25, 0.3) is 0 Å². The highest BCUT2D eigenvalue weighted by Crippen LogP contribution is 2.28. The molecule has 1 aliphatic heterocycles. The Bertz CT molecular complexity index is 1170. The first-order valence-corrected chi connectivity index (χ1v) is 11.3. The molecule has 0 spiro atoms. The van der Waals surface area contributed by atoms with E-state index in [1.165, 1.54) is 16.4 Å². The van der Waals surface area contributed by atoms with Crippen LogP contribution in [0.15, 0.2) is 53.7 Å². The van der Waals surface area contributed by atoms with Crippen LogP contribution in [0.2, 0.25) is 0 Å². The van der Waals surface area contributed by atoms with Gasteiger partial charge in [0.15, 0.2) is 5.82 Å². The van der Waals surface area contributed by atoms with Gasteiger partial charge < -0.3 is 5.32 Å². The Morgan fingerprint density at radius 2 is 1.77 bits per heavy atom. The van der Waals surface area contributed by atoms with Crippen LogP contribution in [-0.2, 0) is 14.8 Å². The number of benzene rings is 1. The van der Waals surface area contributed by atoms with Crippen molar-refractivity contribution >= 4 is 21.7 Å². The third-order valence-corrected chi connectivity index (χ3v) is 7.41. The molecule has 10 heteroatoms. The van der Waals surface area contributed by atoms with Crippen molar-refractivity contribution < 1.29 is 17.6 Å². The molecule has 3 heterocycles. The lowest BCUT2D eigenvalue weighted by atomic mass is 9.97. The Labute approximate surface area is 179 Å². The monoisotopic (exact) mass is 443 g/mol. The van der Waals surface area contributed by atoms with Crippen LogP contribution in [0.5, 0.6) is 0 Å². The average Bonchev–Trinajstić information content (AvgIpc) is 3.14. The molecule has 31 heavy (non-hydrogen) atoms. The number of sulfonamides is 1. The molecular weight excluding hydrogens is 421 g/mol. The molecule has 1 fully saturated rings. The van der Waals surface area contributed by atoms with Crippen molar-refractivity contribution in [1.82, 2.24) is 19.5 Å². The molecule has 0 saturated carbocycles. The molecule has 1 aromatic carbocycles. The number of rotatable bonds is 5. The molecule has 4 rings (SSSR count). The summed E-state index contributed by atoms with van der Waals surface area (Å²) in [5, 5.41) is 10.0. The average molecular weight is 444 g/mol. The number of piperidine rings is 1. The molecule has 3 aromatic rings. The molecule has 1 amide bonds. The van der Waals surface area contributed by atoms with E-state index in [0.717, 1.165) is 29.0 Å². The van der Waals surface area contributed by atoms with Gasteiger partial charge in [-0.1, -0.05) is 0 Å². The van der Waals surface area contributed by atoms with E-state index < -0.39 is 15.8 Å². The lowest BCUT2D eigenvalue weighted by Crippen LogP contribution is -2.41. The number of nitrogens with zero attached hydrogens (tertiary/aromatic N) is 3. The van der Waals surface area contributed by atoms with Crippen LogP contribution >= 0.6 is 0 Å². The molecule has 0 aliphatic carbocycles. The quantitative estimate of drug-likeness (QED) is 0.630. The van der Waals surface area contributed by atoms with Gasteiger partial charge >= 0.3 is 0 Å². The molecule has 8 nitrogen and oxygen atoms in total. The van der Waals surface area contributed by atoms with Gasteiger partial charge in [0.1, 0.15) is 5.82 Å². The zero-order valence-electron chi connectivity index (χ0n) is 16.9. The van der Waals surface area contributed by atoms with Gasteiger partial charge in [-0.2, -0.15) is 9.40 Å². The Hall–Kier alpha value is -3.11. The van der Waals surface area contributed by atoms with Crippen molar-refractivity contribution in [1.29, 1.82) is 0 Å².